The number of aromatic nitrogens is 1. The minimum Gasteiger partial charge on any atom is -0.396 e. The van der Waals surface area contributed by atoms with Gasteiger partial charge in [-0.05, 0) is 44.3 Å². The lowest BCUT2D eigenvalue weighted by atomic mass is 9.95. The SMILES string of the molecule is Cc1c(C(=O)N2C[C@@H](CN3CCCCC3)[C@@H](CO)C2)c[nH]c(=O)c1C#N. The first-order valence-corrected chi connectivity index (χ1v) is 9.30. The normalized spacial score (nSPS) is 23.8. The molecule has 2 aliphatic heterocycles. The van der Waals surface area contributed by atoms with Gasteiger partial charge in [-0.3, -0.25) is 9.59 Å². The molecule has 2 N–H and O–H groups in total. The summed E-state index contributed by atoms with van der Waals surface area (Å²) >= 11 is 0. The number of nitrogens with one attached hydrogen (secondary N) is 1. The summed E-state index contributed by atoms with van der Waals surface area (Å²) in [4.78, 5) is 31.3. The number of rotatable bonds is 4. The first-order chi connectivity index (χ1) is 12.5. The monoisotopic (exact) mass is 358 g/mol. The van der Waals surface area contributed by atoms with E-state index in [0.29, 0.717) is 24.2 Å². The lowest BCUT2D eigenvalue weighted by Crippen LogP contribution is -2.37. The Morgan fingerprint density at radius 2 is 2.00 bits per heavy atom. The number of nitrogens with zero attached hydrogens (tertiary/aromatic N) is 3. The Bertz CT molecular complexity index is 761. The van der Waals surface area contributed by atoms with Gasteiger partial charge in [-0.15, -0.1) is 0 Å². The molecule has 1 aromatic rings. The Balaban J connectivity index is 1.74. The molecule has 0 bridgehead atoms. The van der Waals surface area contributed by atoms with Gasteiger partial charge in [0.05, 0.1) is 5.56 Å². The zero-order valence-corrected chi connectivity index (χ0v) is 15.2. The molecule has 3 rings (SSSR count). The zero-order valence-electron chi connectivity index (χ0n) is 15.2. The maximum atomic E-state index is 12.9. The molecule has 0 unspecified atom stereocenters. The number of aliphatic hydroxyl groups is 1. The van der Waals surface area contributed by atoms with Gasteiger partial charge in [-0.25, -0.2) is 0 Å². The van der Waals surface area contributed by atoms with Gasteiger partial charge in [0.1, 0.15) is 11.6 Å². The highest BCUT2D eigenvalue weighted by Crippen LogP contribution is 2.27. The van der Waals surface area contributed by atoms with E-state index in [1.165, 1.54) is 25.5 Å². The molecule has 26 heavy (non-hydrogen) atoms. The maximum Gasteiger partial charge on any atom is 0.266 e. The summed E-state index contributed by atoms with van der Waals surface area (Å²) in [5, 5.41) is 18.9. The van der Waals surface area contributed by atoms with Crippen molar-refractivity contribution in [2.75, 3.05) is 39.3 Å². The quantitative estimate of drug-likeness (QED) is 0.826. The van der Waals surface area contributed by atoms with Crippen molar-refractivity contribution in [3.63, 3.8) is 0 Å². The van der Waals surface area contributed by atoms with E-state index in [1.54, 1.807) is 11.8 Å². The van der Waals surface area contributed by atoms with Crippen molar-refractivity contribution in [2.24, 2.45) is 11.8 Å². The van der Waals surface area contributed by atoms with Gasteiger partial charge in [0.15, 0.2) is 0 Å². The number of nitriles is 1. The van der Waals surface area contributed by atoms with Crippen LogP contribution in [0.2, 0.25) is 0 Å². The molecule has 2 fully saturated rings. The molecule has 1 aromatic heterocycles. The van der Waals surface area contributed by atoms with Crippen LogP contribution in [0.5, 0.6) is 0 Å². The fourth-order valence-corrected chi connectivity index (χ4v) is 4.14. The van der Waals surface area contributed by atoms with E-state index in [-0.39, 0.29) is 29.9 Å². The van der Waals surface area contributed by atoms with Crippen molar-refractivity contribution in [3.8, 4) is 6.07 Å². The molecule has 0 spiro atoms. The predicted octanol–water partition coefficient (Wildman–Crippen LogP) is 0.721. The molecule has 2 aliphatic rings. The summed E-state index contributed by atoms with van der Waals surface area (Å²) in [6.07, 6.45) is 5.11. The van der Waals surface area contributed by atoms with E-state index >= 15 is 0 Å². The number of carbonyl (C=O) groups is 1. The third-order valence-electron chi connectivity index (χ3n) is 5.74. The average molecular weight is 358 g/mol. The molecule has 0 aliphatic carbocycles. The Morgan fingerprint density at radius 1 is 1.31 bits per heavy atom. The third-order valence-corrected chi connectivity index (χ3v) is 5.74. The van der Waals surface area contributed by atoms with Crippen molar-refractivity contribution in [1.82, 2.24) is 14.8 Å². The maximum absolute atomic E-state index is 12.9. The summed E-state index contributed by atoms with van der Waals surface area (Å²) in [6.45, 7) is 5.89. The zero-order chi connectivity index (χ0) is 18.7. The molecular weight excluding hydrogens is 332 g/mol. The average Bonchev–Trinajstić information content (AvgIpc) is 3.05. The van der Waals surface area contributed by atoms with Gasteiger partial charge in [0, 0.05) is 38.4 Å². The number of amides is 1. The summed E-state index contributed by atoms with van der Waals surface area (Å²) in [5.41, 5.74) is 0.288. The molecule has 1 amide bonds. The summed E-state index contributed by atoms with van der Waals surface area (Å²) < 4.78 is 0. The molecule has 0 aromatic carbocycles. The molecule has 0 radical (unpaired) electrons. The third kappa shape index (κ3) is 3.67. The van der Waals surface area contributed by atoms with Crippen molar-refractivity contribution in [2.45, 2.75) is 26.2 Å². The van der Waals surface area contributed by atoms with Gasteiger partial charge in [0.2, 0.25) is 0 Å². The fraction of sp³-hybridized carbons (Fsp3) is 0.632. The molecule has 7 nitrogen and oxygen atoms in total. The van der Waals surface area contributed by atoms with Crippen LogP contribution in [0.15, 0.2) is 11.0 Å². The minimum absolute atomic E-state index is 0.0152. The summed E-state index contributed by atoms with van der Waals surface area (Å²) in [7, 11) is 0. The molecule has 2 atom stereocenters. The number of hydrogen-bond donors (Lipinski definition) is 2. The van der Waals surface area contributed by atoms with Gasteiger partial charge >= 0.3 is 0 Å². The van der Waals surface area contributed by atoms with Crippen LogP contribution in [0.1, 0.15) is 40.7 Å². The summed E-state index contributed by atoms with van der Waals surface area (Å²) in [6, 6.07) is 1.87. The largest absolute Gasteiger partial charge is 0.396 e. The van der Waals surface area contributed by atoms with Crippen LogP contribution in [0.4, 0.5) is 0 Å². The van der Waals surface area contributed by atoms with E-state index in [0.717, 1.165) is 19.6 Å². The molecular formula is C19H26N4O3. The first-order valence-electron chi connectivity index (χ1n) is 9.30. The molecule has 7 heteroatoms. The number of carbonyl (C=O) groups excluding carboxylic acids is 1. The van der Waals surface area contributed by atoms with Gasteiger partial charge in [0.25, 0.3) is 11.5 Å². The second-order valence-electron chi connectivity index (χ2n) is 7.42. The highest BCUT2D eigenvalue weighted by Gasteiger charge is 2.36. The van der Waals surface area contributed by atoms with E-state index in [2.05, 4.69) is 9.88 Å². The van der Waals surface area contributed by atoms with Crippen molar-refractivity contribution in [1.29, 1.82) is 5.26 Å². The Hall–Kier alpha value is -2.17. The van der Waals surface area contributed by atoms with Crippen LogP contribution in [-0.4, -0.2) is 65.1 Å². The number of aromatic amines is 1. The van der Waals surface area contributed by atoms with Crippen molar-refractivity contribution < 1.29 is 9.90 Å². The van der Waals surface area contributed by atoms with Gasteiger partial charge in [-0.2, -0.15) is 5.26 Å². The minimum atomic E-state index is -0.473. The summed E-state index contributed by atoms with van der Waals surface area (Å²) in [5.74, 6) is 0.134. The topological polar surface area (TPSA) is 100 Å². The Labute approximate surface area is 153 Å². The predicted molar refractivity (Wildman–Crippen MR) is 96.8 cm³/mol. The molecule has 0 saturated carbocycles. The number of piperidine rings is 1. The highest BCUT2D eigenvalue weighted by atomic mass is 16.3. The van der Waals surface area contributed by atoms with Gasteiger partial charge in [-0.1, -0.05) is 6.42 Å². The van der Waals surface area contributed by atoms with Crippen LogP contribution < -0.4 is 5.56 Å². The first kappa shape index (κ1) is 18.6. The van der Waals surface area contributed by atoms with Crippen LogP contribution in [0.25, 0.3) is 0 Å². The fourth-order valence-electron chi connectivity index (χ4n) is 4.14. The van der Waals surface area contributed by atoms with E-state index < -0.39 is 5.56 Å². The lowest BCUT2D eigenvalue weighted by Gasteiger charge is -2.30. The van der Waals surface area contributed by atoms with Crippen LogP contribution in [0.3, 0.4) is 0 Å². The number of hydrogen-bond acceptors (Lipinski definition) is 5. The smallest absolute Gasteiger partial charge is 0.266 e. The number of pyridine rings is 1. The van der Waals surface area contributed by atoms with Crippen LogP contribution >= 0.6 is 0 Å². The Morgan fingerprint density at radius 3 is 2.65 bits per heavy atom. The molecule has 2 saturated heterocycles. The van der Waals surface area contributed by atoms with Gasteiger partial charge < -0.3 is 19.9 Å². The second-order valence-corrected chi connectivity index (χ2v) is 7.42. The number of likely N-dealkylation sites (tertiary alicyclic amines) is 2. The molecule has 140 valence electrons. The van der Waals surface area contributed by atoms with Crippen LogP contribution in [-0.2, 0) is 0 Å². The molecule has 3 heterocycles. The van der Waals surface area contributed by atoms with Crippen molar-refractivity contribution in [3.05, 3.63) is 33.2 Å². The number of H-pyrrole nitrogens is 1. The van der Waals surface area contributed by atoms with E-state index in [1.807, 2.05) is 6.07 Å². The van der Waals surface area contributed by atoms with Crippen LogP contribution in [0, 0.1) is 30.1 Å². The lowest BCUT2D eigenvalue weighted by molar-refractivity contribution is 0.0777. The highest BCUT2D eigenvalue weighted by molar-refractivity contribution is 5.96. The second kappa shape index (κ2) is 8.02. The number of aliphatic hydroxyl groups excluding tert-OH is 1. The van der Waals surface area contributed by atoms with E-state index in [4.69, 9.17) is 5.26 Å². The van der Waals surface area contributed by atoms with E-state index in [9.17, 15) is 14.7 Å². The standard InChI is InChI=1S/C19H26N4O3/c1-13-16(7-20)18(25)21-8-17(13)19(26)23-10-14(15(11-23)12-24)9-22-5-3-2-4-6-22/h8,14-15,24H,2-6,9-12H2,1H3,(H,21,25)/t14-,15-/m1/s1. The Kier molecular flexibility index (Phi) is 5.74. The van der Waals surface area contributed by atoms with Crippen molar-refractivity contribution >= 4 is 5.91 Å².